The zero-order valence-electron chi connectivity index (χ0n) is 22.3. The van der Waals surface area contributed by atoms with Gasteiger partial charge in [-0.15, -0.1) is 13.2 Å². The van der Waals surface area contributed by atoms with Crippen molar-refractivity contribution >= 4 is 23.1 Å². The Morgan fingerprint density at radius 1 is 1.00 bits per heavy atom. The molecule has 4 rings (SSSR count). The van der Waals surface area contributed by atoms with Crippen molar-refractivity contribution in [1.29, 1.82) is 0 Å². The molecule has 3 aromatic carbocycles. The van der Waals surface area contributed by atoms with Gasteiger partial charge in [-0.2, -0.15) is 0 Å². The molecule has 210 valence electrons. The Balaban J connectivity index is 1.84. The van der Waals surface area contributed by atoms with Crippen molar-refractivity contribution in [1.82, 2.24) is 0 Å². The molecule has 0 radical (unpaired) electrons. The monoisotopic (exact) mass is 555 g/mol. The van der Waals surface area contributed by atoms with Crippen LogP contribution in [0, 0.1) is 12.8 Å². The number of hydrogen-bond donors (Lipinski definition) is 1. The molecule has 0 bridgehead atoms. The number of methoxy groups -OCH3 is 1. The van der Waals surface area contributed by atoms with Crippen LogP contribution in [0.4, 0.5) is 18.9 Å². The minimum absolute atomic E-state index is 0.0164. The SMILES string of the molecule is COc1ccc(C2/C(=C(\O)c3ccc(OCC(C)C)c(C)c3)C(=O)C(=O)N2c2cccc(OC(F)(F)F)c2)cc1. The average Bonchev–Trinajstić information content (AvgIpc) is 3.16. The van der Waals surface area contributed by atoms with Crippen molar-refractivity contribution in [3.8, 4) is 17.2 Å². The third-order valence-electron chi connectivity index (χ3n) is 6.23. The van der Waals surface area contributed by atoms with Crippen LogP contribution in [0.5, 0.6) is 17.2 Å². The molecule has 10 heteroatoms. The van der Waals surface area contributed by atoms with Crippen LogP contribution in [0.15, 0.2) is 72.3 Å². The fourth-order valence-corrected chi connectivity index (χ4v) is 4.40. The summed E-state index contributed by atoms with van der Waals surface area (Å²) in [6.07, 6.45) is -4.95. The van der Waals surface area contributed by atoms with Gasteiger partial charge in [0.2, 0.25) is 0 Å². The second-order valence-electron chi connectivity index (χ2n) is 9.67. The van der Waals surface area contributed by atoms with E-state index in [1.807, 2.05) is 13.8 Å². The Bertz CT molecular complexity index is 1450. The number of carbonyl (C=O) groups is 2. The van der Waals surface area contributed by atoms with Gasteiger partial charge in [-0.05, 0) is 66.4 Å². The number of ether oxygens (including phenoxy) is 3. The first-order valence-corrected chi connectivity index (χ1v) is 12.4. The molecule has 0 aromatic heterocycles. The van der Waals surface area contributed by atoms with Crippen molar-refractivity contribution in [2.45, 2.75) is 33.2 Å². The number of ketones is 1. The number of Topliss-reactive ketones (excluding diaryl/α,β-unsaturated/α-hetero) is 1. The fraction of sp³-hybridized carbons (Fsp3) is 0.267. The van der Waals surface area contributed by atoms with Crippen LogP contribution in [0.1, 0.15) is 36.6 Å². The molecule has 0 saturated carbocycles. The molecule has 1 heterocycles. The Morgan fingerprint density at radius 3 is 2.30 bits per heavy atom. The molecule has 1 aliphatic rings. The molecule has 1 unspecified atom stereocenters. The summed E-state index contributed by atoms with van der Waals surface area (Å²) < 4.78 is 53.7. The fourth-order valence-electron chi connectivity index (χ4n) is 4.40. The zero-order valence-corrected chi connectivity index (χ0v) is 22.3. The lowest BCUT2D eigenvalue weighted by Crippen LogP contribution is -2.29. The van der Waals surface area contributed by atoms with E-state index in [1.165, 1.54) is 19.2 Å². The topological polar surface area (TPSA) is 85.3 Å². The Kier molecular flexibility index (Phi) is 8.08. The molecule has 40 heavy (non-hydrogen) atoms. The van der Waals surface area contributed by atoms with Crippen LogP contribution in [0.2, 0.25) is 0 Å². The lowest BCUT2D eigenvalue weighted by Gasteiger charge is -2.26. The largest absolute Gasteiger partial charge is 0.573 e. The summed E-state index contributed by atoms with van der Waals surface area (Å²) in [5, 5.41) is 11.4. The summed E-state index contributed by atoms with van der Waals surface area (Å²) in [5.74, 6) is -1.57. The van der Waals surface area contributed by atoms with Crippen molar-refractivity contribution < 1.29 is 42.1 Å². The first-order valence-electron chi connectivity index (χ1n) is 12.4. The second kappa shape index (κ2) is 11.3. The van der Waals surface area contributed by atoms with Gasteiger partial charge < -0.3 is 19.3 Å². The predicted molar refractivity (Wildman–Crippen MR) is 142 cm³/mol. The van der Waals surface area contributed by atoms with Crippen molar-refractivity contribution in [3.63, 3.8) is 0 Å². The Hall–Kier alpha value is -4.47. The maximum atomic E-state index is 13.4. The highest BCUT2D eigenvalue weighted by atomic mass is 19.4. The van der Waals surface area contributed by atoms with Gasteiger partial charge in [-0.3, -0.25) is 14.5 Å². The minimum atomic E-state index is -4.95. The number of aliphatic hydroxyl groups is 1. The summed E-state index contributed by atoms with van der Waals surface area (Å²) in [5.41, 5.74) is 1.18. The molecule has 3 aromatic rings. The van der Waals surface area contributed by atoms with Crippen molar-refractivity contribution in [2.24, 2.45) is 5.92 Å². The summed E-state index contributed by atoms with van der Waals surface area (Å²) in [7, 11) is 1.48. The van der Waals surface area contributed by atoms with Gasteiger partial charge in [-0.25, -0.2) is 0 Å². The summed E-state index contributed by atoms with van der Waals surface area (Å²) in [4.78, 5) is 27.8. The third kappa shape index (κ3) is 6.06. The predicted octanol–water partition coefficient (Wildman–Crippen LogP) is 6.56. The van der Waals surface area contributed by atoms with Crippen LogP contribution in [-0.2, 0) is 9.59 Å². The van der Waals surface area contributed by atoms with E-state index in [0.29, 0.717) is 35.2 Å². The standard InChI is InChI=1S/C30H28F3NO6/c1-17(2)16-39-24-13-10-20(14-18(24)3)27(35)25-26(19-8-11-22(38-4)12-9-19)34(29(37)28(25)36)21-6-5-7-23(15-21)40-30(31,32)33/h5-15,17,26,35H,16H2,1-4H3/b27-25+. The second-order valence-corrected chi connectivity index (χ2v) is 9.67. The van der Waals surface area contributed by atoms with Gasteiger partial charge in [0.25, 0.3) is 11.7 Å². The first-order chi connectivity index (χ1) is 18.9. The van der Waals surface area contributed by atoms with Gasteiger partial charge >= 0.3 is 6.36 Å². The van der Waals surface area contributed by atoms with Crippen LogP contribution < -0.4 is 19.1 Å². The lowest BCUT2D eigenvalue weighted by atomic mass is 9.94. The molecule has 1 fully saturated rings. The highest BCUT2D eigenvalue weighted by Crippen LogP contribution is 2.43. The number of aliphatic hydroxyl groups excluding tert-OH is 1. The normalized spacial score (nSPS) is 16.9. The number of carbonyl (C=O) groups excluding carboxylic acids is 2. The van der Waals surface area contributed by atoms with Crippen LogP contribution >= 0.6 is 0 Å². The van der Waals surface area contributed by atoms with Gasteiger partial charge in [0.05, 0.1) is 25.3 Å². The Morgan fingerprint density at radius 2 is 1.70 bits per heavy atom. The molecule has 0 aliphatic carbocycles. The lowest BCUT2D eigenvalue weighted by molar-refractivity contribution is -0.274. The number of halogens is 3. The highest BCUT2D eigenvalue weighted by Gasteiger charge is 2.47. The number of hydrogen-bond acceptors (Lipinski definition) is 6. The van der Waals surface area contributed by atoms with E-state index in [2.05, 4.69) is 4.74 Å². The number of nitrogens with zero attached hydrogens (tertiary/aromatic N) is 1. The molecular formula is C30H28F3NO6. The van der Waals surface area contributed by atoms with Crippen molar-refractivity contribution in [3.05, 3.63) is 89.0 Å². The smallest absolute Gasteiger partial charge is 0.507 e. The van der Waals surface area contributed by atoms with Gasteiger partial charge in [0.15, 0.2) is 0 Å². The van der Waals surface area contributed by atoms with E-state index in [1.54, 1.807) is 49.4 Å². The third-order valence-corrected chi connectivity index (χ3v) is 6.23. The zero-order chi connectivity index (χ0) is 29.2. The number of amides is 1. The molecule has 1 saturated heterocycles. The van der Waals surface area contributed by atoms with E-state index in [9.17, 15) is 27.9 Å². The molecular weight excluding hydrogens is 527 g/mol. The molecule has 1 amide bonds. The number of aryl methyl sites for hydroxylation is 1. The van der Waals surface area contributed by atoms with E-state index >= 15 is 0 Å². The van der Waals surface area contributed by atoms with Gasteiger partial charge in [0, 0.05) is 17.3 Å². The van der Waals surface area contributed by atoms with Crippen LogP contribution in [-0.4, -0.2) is 36.9 Å². The molecule has 1 atom stereocenters. The van der Waals surface area contributed by atoms with Crippen LogP contribution in [0.3, 0.4) is 0 Å². The van der Waals surface area contributed by atoms with Gasteiger partial charge in [-0.1, -0.05) is 32.0 Å². The molecule has 1 N–H and O–H groups in total. The number of benzene rings is 3. The average molecular weight is 556 g/mol. The molecule has 1 aliphatic heterocycles. The Labute approximate surface area is 229 Å². The van der Waals surface area contributed by atoms with E-state index < -0.39 is 35.6 Å². The minimum Gasteiger partial charge on any atom is -0.507 e. The van der Waals surface area contributed by atoms with Crippen LogP contribution in [0.25, 0.3) is 5.76 Å². The van der Waals surface area contributed by atoms with E-state index in [0.717, 1.165) is 17.0 Å². The summed E-state index contributed by atoms with van der Waals surface area (Å²) >= 11 is 0. The first kappa shape index (κ1) is 28.5. The maximum Gasteiger partial charge on any atom is 0.573 e. The maximum absolute atomic E-state index is 13.4. The number of alkyl halides is 3. The van der Waals surface area contributed by atoms with E-state index in [-0.39, 0.29) is 16.8 Å². The number of rotatable bonds is 8. The highest BCUT2D eigenvalue weighted by molar-refractivity contribution is 6.51. The summed E-state index contributed by atoms with van der Waals surface area (Å²) in [6, 6.07) is 15.0. The molecule has 7 nitrogen and oxygen atoms in total. The summed E-state index contributed by atoms with van der Waals surface area (Å²) in [6.45, 7) is 6.31. The van der Waals surface area contributed by atoms with Crippen molar-refractivity contribution in [2.75, 3.05) is 18.6 Å². The van der Waals surface area contributed by atoms with E-state index in [4.69, 9.17) is 9.47 Å². The quantitative estimate of drug-likeness (QED) is 0.192. The molecule has 0 spiro atoms. The van der Waals surface area contributed by atoms with Gasteiger partial charge in [0.1, 0.15) is 23.0 Å². The number of anilines is 1.